The van der Waals surface area contributed by atoms with E-state index >= 15 is 0 Å². The van der Waals surface area contributed by atoms with E-state index in [2.05, 4.69) is 29.3 Å². The fraction of sp³-hybridized carbons (Fsp3) is 0.417. The van der Waals surface area contributed by atoms with Gasteiger partial charge in [-0.2, -0.15) is 0 Å². The van der Waals surface area contributed by atoms with Gasteiger partial charge >= 0.3 is 0 Å². The van der Waals surface area contributed by atoms with Gasteiger partial charge in [-0.15, -0.1) is 0 Å². The molecule has 0 bridgehead atoms. The Morgan fingerprint density at radius 1 is 0.931 bits per heavy atom. The standard InChI is InChI=1S/C24H27F2N3/c1-29(2)24(16-4-3-5-17(25)14-16)11-9-23(10-12-24)22-19(8-13-27-23)20-15-18(26)6-7-21(20)28-22/h3-7,14-15,27-28H,8-13H2,1-2H3/t23-,24+. The number of halogens is 2. The second-order valence-corrected chi connectivity index (χ2v) is 8.86. The summed E-state index contributed by atoms with van der Waals surface area (Å²) in [7, 11) is 4.18. The van der Waals surface area contributed by atoms with Crippen LogP contribution in [0.2, 0.25) is 0 Å². The molecule has 1 aliphatic carbocycles. The SMILES string of the molecule is CN(C)[C@]1(c2cccc(F)c2)CC[C@@]2(CC1)NCCc1c3cc(F)ccc3[nH]c12. The predicted molar refractivity (Wildman–Crippen MR) is 112 cm³/mol. The third-order valence-electron chi connectivity index (χ3n) is 7.33. The van der Waals surface area contributed by atoms with Crippen molar-refractivity contribution in [1.29, 1.82) is 0 Å². The molecule has 2 heterocycles. The number of nitrogens with zero attached hydrogens (tertiary/aromatic N) is 1. The summed E-state index contributed by atoms with van der Waals surface area (Å²) in [5.74, 6) is -0.368. The first-order valence-electron chi connectivity index (χ1n) is 10.4. The van der Waals surface area contributed by atoms with E-state index in [4.69, 9.17) is 0 Å². The first-order chi connectivity index (χ1) is 13.9. The molecule has 1 aliphatic heterocycles. The highest BCUT2D eigenvalue weighted by Gasteiger charge is 2.48. The van der Waals surface area contributed by atoms with Crippen LogP contribution in [0, 0.1) is 11.6 Å². The summed E-state index contributed by atoms with van der Waals surface area (Å²) in [6.07, 6.45) is 4.66. The van der Waals surface area contributed by atoms with Crippen molar-refractivity contribution < 1.29 is 8.78 Å². The fourth-order valence-corrected chi connectivity index (χ4v) is 5.69. The zero-order valence-corrected chi connectivity index (χ0v) is 17.0. The van der Waals surface area contributed by atoms with Gasteiger partial charge in [0.15, 0.2) is 0 Å². The summed E-state index contributed by atoms with van der Waals surface area (Å²) in [4.78, 5) is 5.86. The van der Waals surface area contributed by atoms with Crippen molar-refractivity contribution in [2.24, 2.45) is 0 Å². The van der Waals surface area contributed by atoms with Crippen LogP contribution in [0.25, 0.3) is 10.9 Å². The van der Waals surface area contributed by atoms with Crippen LogP contribution in [0.4, 0.5) is 8.78 Å². The monoisotopic (exact) mass is 395 g/mol. The number of nitrogens with one attached hydrogen (secondary N) is 2. The number of H-pyrrole nitrogens is 1. The molecule has 3 nitrogen and oxygen atoms in total. The average Bonchev–Trinajstić information content (AvgIpc) is 3.08. The molecular formula is C24H27F2N3. The van der Waals surface area contributed by atoms with E-state index in [1.807, 2.05) is 18.2 Å². The minimum Gasteiger partial charge on any atom is -0.357 e. The molecule has 0 amide bonds. The Kier molecular flexibility index (Phi) is 4.30. The molecule has 2 N–H and O–H groups in total. The Morgan fingerprint density at radius 3 is 2.41 bits per heavy atom. The molecule has 2 aliphatic rings. The first-order valence-corrected chi connectivity index (χ1v) is 10.4. The van der Waals surface area contributed by atoms with Gasteiger partial charge in [0.05, 0.1) is 5.54 Å². The molecule has 3 aromatic rings. The zero-order valence-electron chi connectivity index (χ0n) is 17.0. The zero-order chi connectivity index (χ0) is 20.2. The van der Waals surface area contributed by atoms with Crippen LogP contribution in [-0.4, -0.2) is 30.5 Å². The molecule has 1 spiro atoms. The van der Waals surface area contributed by atoms with Gasteiger partial charge in [-0.25, -0.2) is 8.78 Å². The summed E-state index contributed by atoms with van der Waals surface area (Å²) < 4.78 is 27.8. The second-order valence-electron chi connectivity index (χ2n) is 8.86. The summed E-state index contributed by atoms with van der Waals surface area (Å²) in [5, 5.41) is 4.80. The van der Waals surface area contributed by atoms with Gasteiger partial charge in [0.2, 0.25) is 0 Å². The minimum absolute atomic E-state index is 0.129. The molecule has 1 saturated carbocycles. The van der Waals surface area contributed by atoms with Crippen LogP contribution in [0.15, 0.2) is 42.5 Å². The molecule has 2 aromatic carbocycles. The molecule has 0 radical (unpaired) electrons. The van der Waals surface area contributed by atoms with E-state index in [0.29, 0.717) is 0 Å². The Morgan fingerprint density at radius 2 is 1.69 bits per heavy atom. The lowest BCUT2D eigenvalue weighted by Crippen LogP contribution is -2.55. The first kappa shape index (κ1) is 18.8. The van der Waals surface area contributed by atoms with Gasteiger partial charge < -0.3 is 10.3 Å². The Hall–Kier alpha value is -2.24. The summed E-state index contributed by atoms with van der Waals surface area (Å²) >= 11 is 0. The molecule has 0 unspecified atom stereocenters. The van der Waals surface area contributed by atoms with Gasteiger partial charge in [-0.1, -0.05) is 12.1 Å². The van der Waals surface area contributed by atoms with Gasteiger partial charge in [0.1, 0.15) is 11.6 Å². The highest BCUT2D eigenvalue weighted by Crippen LogP contribution is 2.50. The normalized spacial score (nSPS) is 26.9. The van der Waals surface area contributed by atoms with E-state index in [1.54, 1.807) is 12.1 Å². The topological polar surface area (TPSA) is 31.1 Å². The molecular weight excluding hydrogens is 368 g/mol. The van der Waals surface area contributed by atoms with Gasteiger partial charge in [0.25, 0.3) is 0 Å². The maximum Gasteiger partial charge on any atom is 0.123 e. The number of fused-ring (bicyclic) bond motifs is 4. The van der Waals surface area contributed by atoms with Crippen LogP contribution < -0.4 is 5.32 Å². The van der Waals surface area contributed by atoms with Crippen LogP contribution in [0.3, 0.4) is 0 Å². The summed E-state index contributed by atoms with van der Waals surface area (Å²) in [6.45, 7) is 0.894. The molecule has 0 atom stereocenters. The third-order valence-corrected chi connectivity index (χ3v) is 7.33. The smallest absolute Gasteiger partial charge is 0.123 e. The van der Waals surface area contributed by atoms with Crippen molar-refractivity contribution in [2.45, 2.75) is 43.2 Å². The maximum absolute atomic E-state index is 14.0. The Bertz CT molecular complexity index is 1060. The number of rotatable bonds is 2. The van der Waals surface area contributed by atoms with E-state index in [9.17, 15) is 8.78 Å². The molecule has 5 heteroatoms. The van der Waals surface area contributed by atoms with E-state index < -0.39 is 0 Å². The lowest BCUT2D eigenvalue weighted by atomic mass is 9.66. The Labute approximate surface area is 170 Å². The third kappa shape index (κ3) is 2.82. The maximum atomic E-state index is 14.0. The average molecular weight is 395 g/mol. The molecule has 152 valence electrons. The second kappa shape index (κ2) is 6.64. The molecule has 1 aromatic heterocycles. The highest BCUT2D eigenvalue weighted by molar-refractivity contribution is 5.85. The number of aromatic amines is 1. The van der Waals surface area contributed by atoms with Gasteiger partial charge in [-0.3, -0.25) is 4.90 Å². The van der Waals surface area contributed by atoms with E-state index in [1.165, 1.54) is 23.4 Å². The van der Waals surface area contributed by atoms with Crippen LogP contribution >= 0.6 is 0 Å². The predicted octanol–water partition coefficient (Wildman–Crippen LogP) is 4.82. The van der Waals surface area contributed by atoms with Crippen LogP contribution in [0.1, 0.15) is 42.5 Å². The summed E-state index contributed by atoms with van der Waals surface area (Å²) in [6, 6.07) is 12.1. The van der Waals surface area contributed by atoms with Crippen LogP contribution in [0.5, 0.6) is 0 Å². The summed E-state index contributed by atoms with van der Waals surface area (Å²) in [5.41, 5.74) is 4.22. The van der Waals surface area contributed by atoms with E-state index in [0.717, 1.165) is 55.1 Å². The number of aromatic nitrogens is 1. The van der Waals surface area contributed by atoms with Crippen molar-refractivity contribution in [2.75, 3.05) is 20.6 Å². The van der Waals surface area contributed by atoms with Gasteiger partial charge in [-0.05, 0) is 87.7 Å². The lowest BCUT2D eigenvalue weighted by Gasteiger charge is -2.51. The fourth-order valence-electron chi connectivity index (χ4n) is 5.69. The minimum atomic E-state index is -0.187. The van der Waals surface area contributed by atoms with Gasteiger partial charge in [0, 0.05) is 28.7 Å². The number of benzene rings is 2. The molecule has 0 saturated heterocycles. The molecule has 1 fully saturated rings. The quantitative estimate of drug-likeness (QED) is 0.652. The number of hydrogen-bond acceptors (Lipinski definition) is 2. The van der Waals surface area contributed by atoms with E-state index in [-0.39, 0.29) is 22.7 Å². The van der Waals surface area contributed by atoms with Crippen molar-refractivity contribution in [3.63, 3.8) is 0 Å². The largest absolute Gasteiger partial charge is 0.357 e. The van der Waals surface area contributed by atoms with Crippen molar-refractivity contribution in [1.82, 2.24) is 15.2 Å². The van der Waals surface area contributed by atoms with Crippen molar-refractivity contribution in [3.05, 3.63) is 70.9 Å². The van der Waals surface area contributed by atoms with Crippen molar-refractivity contribution >= 4 is 10.9 Å². The Balaban J connectivity index is 1.54. The van der Waals surface area contributed by atoms with Crippen LogP contribution in [-0.2, 0) is 17.5 Å². The van der Waals surface area contributed by atoms with Crippen molar-refractivity contribution in [3.8, 4) is 0 Å². The lowest BCUT2D eigenvalue weighted by molar-refractivity contribution is 0.0494. The molecule has 5 rings (SSSR count). The number of hydrogen-bond donors (Lipinski definition) is 2. The highest BCUT2D eigenvalue weighted by atomic mass is 19.1. The molecule has 29 heavy (non-hydrogen) atoms.